The molecule has 0 amide bonds. The minimum Gasteiger partial charge on any atom is -0.467 e. The Hall–Kier alpha value is -0.810. The predicted molar refractivity (Wildman–Crippen MR) is 76.2 cm³/mol. The fourth-order valence-electron chi connectivity index (χ4n) is 2.52. The molecule has 0 spiro atoms. The monoisotopic (exact) mass is 338 g/mol. The van der Waals surface area contributed by atoms with Crippen LogP contribution in [0.3, 0.4) is 0 Å². The number of hydrogen-bond acceptors (Lipinski definition) is 9. The summed E-state index contributed by atoms with van der Waals surface area (Å²) < 4.78 is 15.2. The molecule has 1 fully saturated rings. The van der Waals surface area contributed by atoms with Crippen LogP contribution in [0.15, 0.2) is 0 Å². The van der Waals surface area contributed by atoms with Crippen LogP contribution in [0.5, 0.6) is 0 Å². The topological polar surface area (TPSA) is 146 Å². The molecular formula is C14H26O9. The summed E-state index contributed by atoms with van der Waals surface area (Å²) in [6.07, 6.45) is -7.91. The third-order valence-corrected chi connectivity index (χ3v) is 4.03. The normalized spacial score (nSPS) is 35.4. The van der Waals surface area contributed by atoms with Crippen LogP contribution >= 0.6 is 0 Å². The maximum atomic E-state index is 11.8. The summed E-state index contributed by atoms with van der Waals surface area (Å²) in [6, 6.07) is 0. The van der Waals surface area contributed by atoms with Crippen molar-refractivity contribution in [1.82, 2.24) is 0 Å². The second-order valence-corrected chi connectivity index (χ2v) is 5.64. The number of rotatable bonds is 7. The molecule has 0 bridgehead atoms. The van der Waals surface area contributed by atoms with Crippen molar-refractivity contribution in [2.24, 2.45) is 0 Å². The molecule has 23 heavy (non-hydrogen) atoms. The average molecular weight is 338 g/mol. The summed E-state index contributed by atoms with van der Waals surface area (Å²) in [6.45, 7) is 2.55. The summed E-state index contributed by atoms with van der Waals surface area (Å²) in [5.74, 6) is -0.892. The molecule has 9 heteroatoms. The molecule has 0 aromatic rings. The molecular weight excluding hydrogens is 312 g/mol. The lowest BCUT2D eigenvalue weighted by Crippen LogP contribution is -2.61. The fraction of sp³-hybridized carbons (Fsp3) is 0.929. The van der Waals surface area contributed by atoms with Crippen LogP contribution in [0.1, 0.15) is 26.7 Å². The van der Waals surface area contributed by atoms with Crippen LogP contribution in [-0.4, -0.2) is 87.6 Å². The molecule has 1 aliphatic heterocycles. The van der Waals surface area contributed by atoms with E-state index in [1.807, 2.05) is 0 Å². The summed E-state index contributed by atoms with van der Waals surface area (Å²) in [4.78, 5) is 11.8. The Morgan fingerprint density at radius 2 is 1.87 bits per heavy atom. The van der Waals surface area contributed by atoms with Gasteiger partial charge in [0.25, 0.3) is 0 Å². The van der Waals surface area contributed by atoms with Crippen molar-refractivity contribution in [2.75, 3.05) is 13.7 Å². The zero-order chi connectivity index (χ0) is 17.8. The SMILES string of the molecule is CCC[C@@](O)(C(=O)OC)[C@@H](C)O[C@@H]1O[C@H](CO)[C@@H](O)[C@H](O)[C@H]1O. The first-order chi connectivity index (χ1) is 10.7. The van der Waals surface area contributed by atoms with E-state index in [1.54, 1.807) is 6.92 Å². The van der Waals surface area contributed by atoms with E-state index in [0.717, 1.165) is 7.11 Å². The number of aliphatic hydroxyl groups excluding tert-OH is 4. The Labute approximate surface area is 134 Å². The lowest BCUT2D eigenvalue weighted by molar-refractivity contribution is -0.320. The predicted octanol–water partition coefficient (Wildman–Crippen LogP) is -2.10. The van der Waals surface area contributed by atoms with E-state index >= 15 is 0 Å². The zero-order valence-corrected chi connectivity index (χ0v) is 13.5. The van der Waals surface area contributed by atoms with Crippen molar-refractivity contribution in [1.29, 1.82) is 0 Å². The molecule has 5 N–H and O–H groups in total. The first-order valence-corrected chi connectivity index (χ1v) is 7.49. The summed E-state index contributed by atoms with van der Waals surface area (Å²) in [5, 5.41) is 49.0. The standard InChI is InChI=1S/C14H26O9/c1-4-5-14(20,13(19)21-3)7(2)22-12-11(18)10(17)9(16)8(6-15)23-12/h7-12,15-18,20H,4-6H2,1-3H3/t7-,8-,9-,10+,11-,12-,14+/m1/s1. The Morgan fingerprint density at radius 1 is 1.26 bits per heavy atom. The van der Waals surface area contributed by atoms with Crippen molar-refractivity contribution in [3.05, 3.63) is 0 Å². The van der Waals surface area contributed by atoms with Gasteiger partial charge in [0, 0.05) is 0 Å². The molecule has 0 radical (unpaired) electrons. The van der Waals surface area contributed by atoms with Crippen molar-refractivity contribution in [3.8, 4) is 0 Å². The van der Waals surface area contributed by atoms with Gasteiger partial charge < -0.3 is 39.7 Å². The number of esters is 1. The van der Waals surface area contributed by atoms with Gasteiger partial charge in [-0.1, -0.05) is 13.3 Å². The Bertz CT molecular complexity index is 388. The van der Waals surface area contributed by atoms with Crippen molar-refractivity contribution < 1.29 is 44.5 Å². The van der Waals surface area contributed by atoms with Crippen LogP contribution in [0.2, 0.25) is 0 Å². The third kappa shape index (κ3) is 4.18. The first kappa shape index (κ1) is 20.2. The summed E-state index contributed by atoms with van der Waals surface area (Å²) >= 11 is 0. The van der Waals surface area contributed by atoms with Crippen LogP contribution in [0, 0.1) is 0 Å². The first-order valence-electron chi connectivity index (χ1n) is 7.49. The highest BCUT2D eigenvalue weighted by Crippen LogP contribution is 2.28. The minimum atomic E-state index is -1.96. The molecule has 1 rings (SSSR count). The lowest BCUT2D eigenvalue weighted by atomic mass is 9.92. The van der Waals surface area contributed by atoms with E-state index in [0.29, 0.717) is 6.42 Å². The van der Waals surface area contributed by atoms with Crippen LogP contribution < -0.4 is 0 Å². The number of methoxy groups -OCH3 is 1. The maximum Gasteiger partial charge on any atom is 0.340 e. The van der Waals surface area contributed by atoms with Gasteiger partial charge in [0.05, 0.1) is 19.8 Å². The van der Waals surface area contributed by atoms with E-state index in [-0.39, 0.29) is 6.42 Å². The van der Waals surface area contributed by atoms with Gasteiger partial charge in [-0.05, 0) is 13.3 Å². The van der Waals surface area contributed by atoms with Crippen LogP contribution in [-0.2, 0) is 19.0 Å². The molecule has 0 saturated carbocycles. The van der Waals surface area contributed by atoms with E-state index in [1.165, 1.54) is 6.92 Å². The largest absolute Gasteiger partial charge is 0.467 e. The summed E-state index contributed by atoms with van der Waals surface area (Å²) in [7, 11) is 1.13. The molecule has 1 saturated heterocycles. The Kier molecular flexibility index (Phi) is 7.33. The summed E-state index contributed by atoms with van der Waals surface area (Å²) in [5.41, 5.74) is -1.96. The van der Waals surface area contributed by atoms with Crippen molar-refractivity contribution in [2.45, 2.75) is 69.1 Å². The lowest BCUT2D eigenvalue weighted by Gasteiger charge is -2.42. The van der Waals surface area contributed by atoms with Crippen LogP contribution in [0.25, 0.3) is 0 Å². The highest BCUT2D eigenvalue weighted by Gasteiger charge is 2.49. The second kappa shape index (κ2) is 8.34. The van der Waals surface area contributed by atoms with Gasteiger partial charge in [0.2, 0.25) is 0 Å². The Morgan fingerprint density at radius 3 is 2.35 bits per heavy atom. The molecule has 1 heterocycles. The van der Waals surface area contributed by atoms with Crippen molar-refractivity contribution >= 4 is 5.97 Å². The number of hydrogen-bond donors (Lipinski definition) is 5. The quantitative estimate of drug-likeness (QED) is 0.329. The highest BCUT2D eigenvalue weighted by molar-refractivity contribution is 5.79. The van der Waals surface area contributed by atoms with E-state index in [2.05, 4.69) is 4.74 Å². The molecule has 7 atom stereocenters. The molecule has 0 aliphatic carbocycles. The number of ether oxygens (including phenoxy) is 3. The molecule has 0 aromatic carbocycles. The molecule has 0 aromatic heterocycles. The number of carbonyl (C=O) groups is 1. The second-order valence-electron chi connectivity index (χ2n) is 5.64. The molecule has 136 valence electrons. The van der Waals surface area contributed by atoms with E-state index in [4.69, 9.17) is 14.6 Å². The third-order valence-electron chi connectivity index (χ3n) is 4.03. The highest BCUT2D eigenvalue weighted by atomic mass is 16.7. The fourth-order valence-corrected chi connectivity index (χ4v) is 2.52. The maximum absolute atomic E-state index is 11.8. The van der Waals surface area contributed by atoms with Gasteiger partial charge in [-0.25, -0.2) is 4.79 Å². The van der Waals surface area contributed by atoms with E-state index in [9.17, 15) is 25.2 Å². The number of carbonyl (C=O) groups excluding carboxylic acids is 1. The average Bonchev–Trinajstić information content (AvgIpc) is 2.54. The van der Waals surface area contributed by atoms with E-state index < -0.39 is 55.0 Å². The van der Waals surface area contributed by atoms with Crippen LogP contribution in [0.4, 0.5) is 0 Å². The zero-order valence-electron chi connectivity index (χ0n) is 13.5. The van der Waals surface area contributed by atoms with Gasteiger partial charge in [0.1, 0.15) is 24.4 Å². The number of aliphatic hydroxyl groups is 5. The van der Waals surface area contributed by atoms with Gasteiger partial charge in [-0.2, -0.15) is 0 Å². The molecule has 9 nitrogen and oxygen atoms in total. The van der Waals surface area contributed by atoms with Gasteiger partial charge in [-0.3, -0.25) is 0 Å². The Balaban J connectivity index is 2.88. The smallest absolute Gasteiger partial charge is 0.340 e. The van der Waals surface area contributed by atoms with Gasteiger partial charge >= 0.3 is 5.97 Å². The minimum absolute atomic E-state index is 0.0538. The van der Waals surface area contributed by atoms with Crippen molar-refractivity contribution in [3.63, 3.8) is 0 Å². The molecule has 0 unspecified atom stereocenters. The molecule has 1 aliphatic rings. The van der Waals surface area contributed by atoms with Gasteiger partial charge in [-0.15, -0.1) is 0 Å². The van der Waals surface area contributed by atoms with Gasteiger partial charge in [0.15, 0.2) is 11.9 Å².